The number of aromatic nitrogens is 4. The van der Waals surface area contributed by atoms with Gasteiger partial charge >= 0.3 is 0 Å². The molecule has 1 saturated heterocycles. The highest BCUT2D eigenvalue weighted by Gasteiger charge is 2.21. The molecule has 1 aromatic carbocycles. The maximum Gasteiger partial charge on any atom is 0.229 e. The molecule has 0 spiro atoms. The lowest BCUT2D eigenvalue weighted by Gasteiger charge is -2.17. The third-order valence-corrected chi connectivity index (χ3v) is 4.51. The first-order valence-electron chi connectivity index (χ1n) is 8.80. The Morgan fingerprint density at radius 2 is 1.57 bits per heavy atom. The minimum Gasteiger partial charge on any atom is -0.341 e. The molecule has 3 heterocycles. The van der Waals surface area contributed by atoms with Gasteiger partial charge in [-0.3, -0.25) is 0 Å². The number of hydrogen-bond acceptors (Lipinski definition) is 5. The largest absolute Gasteiger partial charge is 0.341 e. The zero-order valence-electron chi connectivity index (χ0n) is 15.5. The van der Waals surface area contributed by atoms with Crippen molar-refractivity contribution in [1.29, 1.82) is 0 Å². The Balaban J connectivity index is 0.000000706. The number of benzene rings is 1. The van der Waals surface area contributed by atoms with Crippen molar-refractivity contribution in [3.8, 4) is 11.3 Å². The number of aryl methyl sites for hydroxylation is 2. The molecule has 0 atom stereocenters. The summed E-state index contributed by atoms with van der Waals surface area (Å²) in [5, 5.41) is 0. The summed E-state index contributed by atoms with van der Waals surface area (Å²) in [7, 11) is 0. The molecule has 28 heavy (non-hydrogen) atoms. The molecule has 0 N–H and O–H groups in total. The van der Waals surface area contributed by atoms with Gasteiger partial charge in [-0.05, 0) is 38.8 Å². The Morgan fingerprint density at radius 3 is 2.21 bits per heavy atom. The van der Waals surface area contributed by atoms with Gasteiger partial charge in [-0.15, -0.1) is 0 Å². The molecule has 1 aliphatic heterocycles. The summed E-state index contributed by atoms with van der Waals surface area (Å²) in [6, 6.07) is 3.46. The van der Waals surface area contributed by atoms with E-state index >= 15 is 0 Å². The monoisotopic (exact) mass is 393 g/mol. The molecule has 1 fully saturated rings. The predicted molar refractivity (Wildman–Crippen MR) is 98.5 cm³/mol. The van der Waals surface area contributed by atoms with Crippen molar-refractivity contribution in [2.24, 2.45) is 0 Å². The molecule has 0 saturated carbocycles. The summed E-state index contributed by atoms with van der Waals surface area (Å²) in [5.41, 5.74) is 2.90. The van der Waals surface area contributed by atoms with Crippen molar-refractivity contribution in [1.82, 2.24) is 19.9 Å². The number of alkyl halides is 2. The van der Waals surface area contributed by atoms with Gasteiger partial charge in [0.15, 0.2) is 5.65 Å². The molecule has 3 aromatic rings. The standard InChI is InChI=1S/C18H17F2N5.CH2F2/c1-10-11(2)22-17-16(21-10)15(13-6-5-12(19)9-14(13)20)23-18(24-17)25-7-3-4-8-25;2-1-3/h5-6,9H,3-4,7-8H2,1-2H3;1H2. The normalized spacial score (nSPS) is 13.6. The van der Waals surface area contributed by atoms with Crippen molar-refractivity contribution >= 4 is 17.1 Å². The first kappa shape index (κ1) is 19.9. The van der Waals surface area contributed by atoms with Crippen LogP contribution in [0.25, 0.3) is 22.4 Å². The van der Waals surface area contributed by atoms with Gasteiger partial charge in [0, 0.05) is 24.7 Å². The van der Waals surface area contributed by atoms with E-state index in [0.29, 0.717) is 22.8 Å². The molecule has 9 heteroatoms. The van der Waals surface area contributed by atoms with Crippen LogP contribution >= 0.6 is 0 Å². The molecule has 4 rings (SSSR count). The number of fused-ring (bicyclic) bond motifs is 1. The average Bonchev–Trinajstić information content (AvgIpc) is 3.18. The topological polar surface area (TPSA) is 54.8 Å². The van der Waals surface area contributed by atoms with Crippen LogP contribution < -0.4 is 4.90 Å². The van der Waals surface area contributed by atoms with Gasteiger partial charge in [-0.25, -0.2) is 32.5 Å². The smallest absolute Gasteiger partial charge is 0.229 e. The van der Waals surface area contributed by atoms with E-state index < -0.39 is 18.6 Å². The third-order valence-electron chi connectivity index (χ3n) is 4.51. The van der Waals surface area contributed by atoms with Crippen molar-refractivity contribution in [3.63, 3.8) is 0 Å². The molecule has 148 valence electrons. The highest BCUT2D eigenvalue weighted by Crippen LogP contribution is 2.30. The van der Waals surface area contributed by atoms with E-state index in [4.69, 9.17) is 0 Å². The highest BCUT2D eigenvalue weighted by molar-refractivity contribution is 5.88. The lowest BCUT2D eigenvalue weighted by molar-refractivity contribution is 0.295. The minimum atomic E-state index is -1.75. The zero-order valence-corrected chi connectivity index (χ0v) is 15.5. The van der Waals surface area contributed by atoms with Gasteiger partial charge in [0.25, 0.3) is 0 Å². The van der Waals surface area contributed by atoms with Crippen LogP contribution in [0.3, 0.4) is 0 Å². The van der Waals surface area contributed by atoms with Crippen molar-refractivity contribution in [3.05, 3.63) is 41.2 Å². The Hall–Kier alpha value is -2.84. The SMILES string of the molecule is Cc1nc2nc(N3CCCC3)nc(-c3ccc(F)cc3F)c2nc1C.FCF. The molecule has 0 amide bonds. The Morgan fingerprint density at radius 1 is 0.929 bits per heavy atom. The molecular weight excluding hydrogens is 374 g/mol. The molecule has 0 bridgehead atoms. The third kappa shape index (κ3) is 4.02. The molecule has 0 unspecified atom stereocenters. The Bertz CT molecular complexity index is 990. The molecule has 2 aromatic heterocycles. The number of rotatable bonds is 2. The molecule has 5 nitrogen and oxygen atoms in total. The van der Waals surface area contributed by atoms with Crippen LogP contribution in [-0.2, 0) is 0 Å². The fourth-order valence-corrected chi connectivity index (χ4v) is 3.03. The van der Waals surface area contributed by atoms with Crippen LogP contribution in [0.5, 0.6) is 0 Å². The van der Waals surface area contributed by atoms with Gasteiger partial charge in [-0.2, -0.15) is 4.98 Å². The summed E-state index contributed by atoms with van der Waals surface area (Å²) in [6.45, 7) is 3.66. The minimum absolute atomic E-state index is 0.201. The van der Waals surface area contributed by atoms with Crippen LogP contribution in [0.15, 0.2) is 18.2 Å². The molecule has 1 aliphatic rings. The van der Waals surface area contributed by atoms with Gasteiger partial charge in [0.05, 0.1) is 11.4 Å². The molecular formula is C19H19F4N5. The quantitative estimate of drug-likeness (QED) is 0.602. The summed E-state index contributed by atoms with van der Waals surface area (Å²) >= 11 is 0. The van der Waals surface area contributed by atoms with Crippen molar-refractivity contribution < 1.29 is 17.6 Å². The zero-order chi connectivity index (χ0) is 20.3. The number of nitrogens with zero attached hydrogens (tertiary/aromatic N) is 5. The Labute approximate surface area is 159 Å². The van der Waals surface area contributed by atoms with E-state index in [0.717, 1.165) is 43.4 Å². The van der Waals surface area contributed by atoms with E-state index in [1.807, 2.05) is 13.8 Å². The van der Waals surface area contributed by atoms with Crippen molar-refractivity contribution in [2.45, 2.75) is 26.7 Å². The van der Waals surface area contributed by atoms with E-state index in [1.165, 1.54) is 12.1 Å². The van der Waals surface area contributed by atoms with Crippen molar-refractivity contribution in [2.75, 3.05) is 24.9 Å². The van der Waals surface area contributed by atoms with Crippen LogP contribution in [0.2, 0.25) is 0 Å². The van der Waals surface area contributed by atoms with E-state index in [1.54, 1.807) is 0 Å². The second-order valence-electron chi connectivity index (χ2n) is 6.36. The molecule has 0 aliphatic carbocycles. The lowest BCUT2D eigenvalue weighted by Crippen LogP contribution is -2.21. The van der Waals surface area contributed by atoms with E-state index in [9.17, 15) is 17.6 Å². The maximum absolute atomic E-state index is 14.4. The van der Waals surface area contributed by atoms with E-state index in [2.05, 4.69) is 24.8 Å². The number of hydrogen-bond donors (Lipinski definition) is 0. The molecule has 0 radical (unpaired) electrons. The van der Waals surface area contributed by atoms with Crippen LogP contribution in [0.4, 0.5) is 23.5 Å². The van der Waals surface area contributed by atoms with E-state index in [-0.39, 0.29) is 5.56 Å². The Kier molecular flexibility index (Phi) is 6.01. The van der Waals surface area contributed by atoms with Crippen LogP contribution in [0.1, 0.15) is 24.2 Å². The fraction of sp³-hybridized carbons (Fsp3) is 0.368. The van der Waals surface area contributed by atoms with Gasteiger partial charge in [0.1, 0.15) is 22.8 Å². The van der Waals surface area contributed by atoms with Gasteiger partial charge in [-0.1, -0.05) is 0 Å². The lowest BCUT2D eigenvalue weighted by atomic mass is 10.1. The first-order chi connectivity index (χ1) is 13.4. The summed E-state index contributed by atoms with van der Waals surface area (Å²) < 4.78 is 47.0. The fourth-order valence-electron chi connectivity index (χ4n) is 3.03. The first-order valence-corrected chi connectivity index (χ1v) is 8.80. The summed E-state index contributed by atoms with van der Waals surface area (Å²) in [5.74, 6) is -0.786. The second kappa shape index (κ2) is 8.45. The predicted octanol–water partition coefficient (Wildman–Crippen LogP) is 4.46. The number of anilines is 1. The summed E-state index contributed by atoms with van der Waals surface area (Å²) in [4.78, 5) is 20.2. The van der Waals surface area contributed by atoms with Crippen LogP contribution in [-0.4, -0.2) is 40.0 Å². The second-order valence-corrected chi connectivity index (χ2v) is 6.36. The summed E-state index contributed by atoms with van der Waals surface area (Å²) in [6.07, 6.45) is 2.14. The average molecular weight is 393 g/mol. The van der Waals surface area contributed by atoms with Gasteiger partial charge in [0.2, 0.25) is 12.9 Å². The number of halogens is 4. The van der Waals surface area contributed by atoms with Crippen LogP contribution in [0, 0.1) is 25.5 Å². The highest BCUT2D eigenvalue weighted by atomic mass is 19.3. The van der Waals surface area contributed by atoms with Gasteiger partial charge < -0.3 is 4.90 Å². The maximum atomic E-state index is 14.4.